The molecule has 1 nitrogen and oxygen atoms in total. The average molecular weight is 401 g/mol. The van der Waals surface area contributed by atoms with E-state index in [0.717, 1.165) is 54.8 Å². The molecule has 0 amide bonds. The Labute approximate surface area is 181 Å². The Bertz CT molecular complexity index is 593. The zero-order valence-corrected chi connectivity index (χ0v) is 20.1. The molecule has 4 rings (SSSR count). The zero-order chi connectivity index (χ0) is 20.8. The van der Waals surface area contributed by atoms with Gasteiger partial charge in [-0.2, -0.15) is 0 Å². The summed E-state index contributed by atoms with van der Waals surface area (Å²) in [4.78, 5) is 12.3. The van der Waals surface area contributed by atoms with Gasteiger partial charge in [-0.15, -0.1) is 0 Å². The summed E-state index contributed by atoms with van der Waals surface area (Å²) in [5.41, 5.74) is 1.06. The van der Waals surface area contributed by atoms with Crippen LogP contribution in [0.3, 0.4) is 0 Å². The largest absolute Gasteiger partial charge is 0.300 e. The Hall–Kier alpha value is -0.330. The second kappa shape index (κ2) is 8.31. The highest BCUT2D eigenvalue weighted by molar-refractivity contribution is 5.79. The lowest BCUT2D eigenvalue weighted by Gasteiger charge is -2.59. The van der Waals surface area contributed by atoms with Crippen LogP contribution in [0.5, 0.6) is 0 Å². The van der Waals surface area contributed by atoms with Crippen molar-refractivity contribution in [1.82, 2.24) is 0 Å². The predicted octanol–water partition coefficient (Wildman–Crippen LogP) is 8.07. The van der Waals surface area contributed by atoms with Crippen molar-refractivity contribution < 1.29 is 4.79 Å². The van der Waals surface area contributed by atoms with E-state index in [1.165, 1.54) is 64.2 Å². The second-order valence-electron chi connectivity index (χ2n) is 12.8. The molecule has 0 spiro atoms. The first-order valence-electron chi connectivity index (χ1n) is 13.3. The number of carbonyl (C=O) groups is 1. The van der Waals surface area contributed by atoms with Gasteiger partial charge in [0, 0.05) is 12.8 Å². The minimum absolute atomic E-state index is 0.456. The van der Waals surface area contributed by atoms with E-state index in [0.29, 0.717) is 22.5 Å². The van der Waals surface area contributed by atoms with E-state index in [9.17, 15) is 4.79 Å². The van der Waals surface area contributed by atoms with Crippen LogP contribution in [0, 0.1) is 52.3 Å². The molecule has 8 atom stereocenters. The molecule has 4 aliphatic rings. The maximum Gasteiger partial charge on any atom is 0.133 e. The maximum absolute atomic E-state index is 12.3. The fourth-order valence-electron chi connectivity index (χ4n) is 9.33. The minimum atomic E-state index is 0.456. The van der Waals surface area contributed by atoms with Crippen LogP contribution in [0.25, 0.3) is 0 Å². The molecule has 166 valence electrons. The lowest BCUT2D eigenvalue weighted by Crippen LogP contribution is -2.52. The molecule has 0 aromatic carbocycles. The average Bonchev–Trinajstić information content (AvgIpc) is 2.92. The van der Waals surface area contributed by atoms with Crippen LogP contribution in [0.2, 0.25) is 0 Å². The maximum atomic E-state index is 12.3. The molecular formula is C28H48O. The third kappa shape index (κ3) is 3.87. The van der Waals surface area contributed by atoms with Crippen molar-refractivity contribution in [1.29, 1.82) is 0 Å². The van der Waals surface area contributed by atoms with Crippen LogP contribution in [-0.4, -0.2) is 5.78 Å². The molecule has 0 saturated heterocycles. The molecule has 4 saturated carbocycles. The van der Waals surface area contributed by atoms with Crippen molar-refractivity contribution in [2.75, 3.05) is 0 Å². The lowest BCUT2D eigenvalue weighted by atomic mass is 9.46. The second-order valence-corrected chi connectivity index (χ2v) is 12.8. The van der Waals surface area contributed by atoms with Crippen molar-refractivity contribution in [3.05, 3.63) is 0 Å². The van der Waals surface area contributed by atoms with E-state index in [4.69, 9.17) is 0 Å². The van der Waals surface area contributed by atoms with Gasteiger partial charge in [-0.25, -0.2) is 0 Å². The van der Waals surface area contributed by atoms with E-state index in [2.05, 4.69) is 34.6 Å². The number of rotatable bonds is 5. The number of carbonyl (C=O) groups excluding carboxylic acids is 1. The topological polar surface area (TPSA) is 17.1 Å². The monoisotopic (exact) mass is 400 g/mol. The number of fused-ring (bicyclic) bond motifs is 5. The van der Waals surface area contributed by atoms with Gasteiger partial charge in [0.2, 0.25) is 0 Å². The third-order valence-electron chi connectivity index (χ3n) is 10.9. The zero-order valence-electron chi connectivity index (χ0n) is 20.1. The number of ketones is 1. The van der Waals surface area contributed by atoms with Gasteiger partial charge in [0.25, 0.3) is 0 Å². The summed E-state index contributed by atoms with van der Waals surface area (Å²) in [6.45, 7) is 12.6. The summed E-state index contributed by atoms with van der Waals surface area (Å²) < 4.78 is 0. The van der Waals surface area contributed by atoms with Crippen LogP contribution < -0.4 is 0 Å². The molecule has 29 heavy (non-hydrogen) atoms. The van der Waals surface area contributed by atoms with Crippen LogP contribution >= 0.6 is 0 Å². The number of hydrogen-bond donors (Lipinski definition) is 0. The number of hydrogen-bond acceptors (Lipinski definition) is 1. The predicted molar refractivity (Wildman–Crippen MR) is 123 cm³/mol. The van der Waals surface area contributed by atoms with Gasteiger partial charge in [0.1, 0.15) is 5.78 Å². The van der Waals surface area contributed by atoms with Gasteiger partial charge >= 0.3 is 0 Å². The van der Waals surface area contributed by atoms with E-state index in [1.54, 1.807) is 0 Å². The van der Waals surface area contributed by atoms with Gasteiger partial charge in [0.15, 0.2) is 0 Å². The highest BCUT2D eigenvalue weighted by Crippen LogP contribution is 2.68. The van der Waals surface area contributed by atoms with Crippen molar-refractivity contribution in [2.45, 2.75) is 118 Å². The van der Waals surface area contributed by atoms with Crippen molar-refractivity contribution in [3.8, 4) is 0 Å². The molecule has 0 bridgehead atoms. The van der Waals surface area contributed by atoms with E-state index < -0.39 is 0 Å². The first kappa shape index (κ1) is 21.9. The van der Waals surface area contributed by atoms with Crippen LogP contribution in [-0.2, 0) is 4.79 Å². The van der Waals surface area contributed by atoms with Gasteiger partial charge in [-0.1, -0.05) is 53.9 Å². The molecule has 0 aromatic heterocycles. The fourth-order valence-corrected chi connectivity index (χ4v) is 9.33. The lowest BCUT2D eigenvalue weighted by molar-refractivity contribution is -0.124. The Morgan fingerprint density at radius 3 is 2.41 bits per heavy atom. The summed E-state index contributed by atoms with van der Waals surface area (Å²) in [5.74, 6) is 6.80. The highest BCUT2D eigenvalue weighted by atomic mass is 16.1. The standard InChI is InChI=1S/C28H48O/c1-19(2)8-6-9-20(3)24-13-14-25-23-12-11-21-18-22(29)10-7-16-27(21,4)26(23)15-17-28(24,25)5/h19-21,23-26H,6-18H2,1-5H3/t20-,21-,23+,24-,25-,26+,27-,28+/m0/s1. The third-order valence-corrected chi connectivity index (χ3v) is 10.9. The highest BCUT2D eigenvalue weighted by Gasteiger charge is 2.60. The molecule has 0 aromatic rings. The van der Waals surface area contributed by atoms with Gasteiger partial charge in [-0.3, -0.25) is 4.79 Å². The SMILES string of the molecule is CC(C)CCC[C@H](C)[C@@H]1CC[C@H]2[C@H]3CC[C@H]4CC(=O)CCC[C@]4(C)[C@@H]3CC[C@@]21C. The first-order valence-corrected chi connectivity index (χ1v) is 13.3. The molecule has 0 radical (unpaired) electrons. The first-order chi connectivity index (χ1) is 13.8. The molecule has 0 heterocycles. The van der Waals surface area contributed by atoms with Gasteiger partial charge in [0.05, 0.1) is 0 Å². The molecule has 0 aliphatic heterocycles. The van der Waals surface area contributed by atoms with E-state index in [-0.39, 0.29) is 0 Å². The smallest absolute Gasteiger partial charge is 0.133 e. The molecular weight excluding hydrogens is 352 g/mol. The minimum Gasteiger partial charge on any atom is -0.300 e. The normalized spacial score (nSPS) is 46.0. The van der Waals surface area contributed by atoms with Gasteiger partial charge in [-0.05, 0) is 104 Å². The molecule has 4 fully saturated rings. The molecule has 0 unspecified atom stereocenters. The van der Waals surface area contributed by atoms with Crippen molar-refractivity contribution in [3.63, 3.8) is 0 Å². The summed E-state index contributed by atoms with van der Waals surface area (Å²) in [7, 11) is 0. The Morgan fingerprint density at radius 1 is 0.897 bits per heavy atom. The Kier molecular flexibility index (Phi) is 6.27. The van der Waals surface area contributed by atoms with Crippen molar-refractivity contribution in [2.24, 2.45) is 52.3 Å². The molecule has 4 aliphatic carbocycles. The summed E-state index contributed by atoms with van der Waals surface area (Å²) in [6, 6.07) is 0. The Balaban J connectivity index is 1.48. The van der Waals surface area contributed by atoms with Crippen LogP contribution in [0.15, 0.2) is 0 Å². The van der Waals surface area contributed by atoms with E-state index >= 15 is 0 Å². The summed E-state index contributed by atoms with van der Waals surface area (Å²) in [6.07, 6.45) is 17.2. The quantitative estimate of drug-likeness (QED) is 0.456. The molecule has 1 heteroatoms. The molecule has 0 N–H and O–H groups in total. The Morgan fingerprint density at radius 2 is 1.66 bits per heavy atom. The fraction of sp³-hybridized carbons (Fsp3) is 0.964. The van der Waals surface area contributed by atoms with Crippen LogP contribution in [0.4, 0.5) is 0 Å². The van der Waals surface area contributed by atoms with E-state index in [1.807, 2.05) is 0 Å². The summed E-state index contributed by atoms with van der Waals surface area (Å²) in [5, 5.41) is 0. The van der Waals surface area contributed by atoms with Gasteiger partial charge < -0.3 is 0 Å². The van der Waals surface area contributed by atoms with Crippen LogP contribution in [0.1, 0.15) is 118 Å². The summed E-state index contributed by atoms with van der Waals surface area (Å²) >= 11 is 0. The number of Topliss-reactive ketones (excluding diaryl/α,β-unsaturated/α-hetero) is 1. The van der Waals surface area contributed by atoms with Crippen molar-refractivity contribution >= 4 is 5.78 Å².